The highest BCUT2D eigenvalue weighted by molar-refractivity contribution is 9.09. The Morgan fingerprint density at radius 1 is 0.864 bits per heavy atom. The maximum Gasteiger partial charge on any atom is 0.306 e. The van der Waals surface area contributed by atoms with Crippen LogP contribution in [0.1, 0.15) is 104 Å². The second-order valence-electron chi connectivity index (χ2n) is 6.28. The molecule has 0 aromatic carbocycles. The van der Waals surface area contributed by atoms with Crippen molar-refractivity contribution in [2.24, 2.45) is 0 Å². The van der Waals surface area contributed by atoms with E-state index in [-0.39, 0.29) is 12.1 Å². The van der Waals surface area contributed by atoms with E-state index in [1.807, 2.05) is 0 Å². The van der Waals surface area contributed by atoms with Crippen LogP contribution in [-0.4, -0.2) is 17.4 Å². The van der Waals surface area contributed by atoms with Gasteiger partial charge in [0.1, 0.15) is 6.10 Å². The molecule has 0 aliphatic heterocycles. The van der Waals surface area contributed by atoms with Crippen LogP contribution < -0.4 is 0 Å². The van der Waals surface area contributed by atoms with Crippen LogP contribution in [-0.2, 0) is 9.53 Å². The van der Waals surface area contributed by atoms with Crippen molar-refractivity contribution >= 4 is 21.9 Å². The van der Waals surface area contributed by atoms with Crippen molar-refractivity contribution in [2.75, 3.05) is 5.33 Å². The maximum atomic E-state index is 11.7. The Morgan fingerprint density at radius 2 is 1.45 bits per heavy atom. The Bertz CT molecular complexity index is 244. The topological polar surface area (TPSA) is 26.3 Å². The average molecular weight is 377 g/mol. The van der Waals surface area contributed by atoms with Gasteiger partial charge < -0.3 is 4.74 Å². The highest BCUT2D eigenvalue weighted by Gasteiger charge is 2.11. The van der Waals surface area contributed by atoms with E-state index < -0.39 is 0 Å². The summed E-state index contributed by atoms with van der Waals surface area (Å²) in [6.07, 6.45) is 16.8. The molecule has 132 valence electrons. The van der Waals surface area contributed by atoms with Gasteiger partial charge in [-0.2, -0.15) is 0 Å². The quantitative estimate of drug-likeness (QED) is 0.168. The van der Waals surface area contributed by atoms with Crippen LogP contribution in [0.3, 0.4) is 0 Å². The van der Waals surface area contributed by atoms with Crippen LogP contribution in [0.4, 0.5) is 0 Å². The van der Waals surface area contributed by atoms with Crippen molar-refractivity contribution in [3.05, 3.63) is 0 Å². The highest BCUT2D eigenvalue weighted by atomic mass is 79.9. The van der Waals surface area contributed by atoms with Crippen LogP contribution in [0.5, 0.6) is 0 Å². The summed E-state index contributed by atoms with van der Waals surface area (Å²) < 4.78 is 5.56. The van der Waals surface area contributed by atoms with Gasteiger partial charge in [0.2, 0.25) is 0 Å². The lowest BCUT2D eigenvalue weighted by Crippen LogP contribution is -2.17. The summed E-state index contributed by atoms with van der Waals surface area (Å²) in [6, 6.07) is 0. The predicted octanol–water partition coefficient (Wildman–Crippen LogP) is 6.79. The van der Waals surface area contributed by atoms with Crippen LogP contribution in [0.15, 0.2) is 0 Å². The SMILES string of the molecule is CCCCCCCCCCCC(CC)OC(=O)CCCCBr. The number of alkyl halides is 1. The molecule has 0 rings (SSSR count). The van der Waals surface area contributed by atoms with E-state index in [4.69, 9.17) is 4.74 Å². The first-order valence-electron chi connectivity index (χ1n) is 9.50. The zero-order valence-corrected chi connectivity index (χ0v) is 16.5. The summed E-state index contributed by atoms with van der Waals surface area (Å²) >= 11 is 3.38. The lowest BCUT2D eigenvalue weighted by Gasteiger charge is -2.16. The summed E-state index contributed by atoms with van der Waals surface area (Å²) in [4.78, 5) is 11.7. The third-order valence-electron chi connectivity index (χ3n) is 4.15. The van der Waals surface area contributed by atoms with Crippen molar-refractivity contribution in [1.82, 2.24) is 0 Å². The Balaban J connectivity index is 3.47. The summed E-state index contributed by atoms with van der Waals surface area (Å²) in [5.74, 6) is -0.0104. The van der Waals surface area contributed by atoms with Crippen molar-refractivity contribution in [3.63, 3.8) is 0 Å². The first kappa shape index (κ1) is 21.9. The number of hydrogen-bond donors (Lipinski definition) is 0. The Kier molecular flexibility index (Phi) is 17.3. The van der Waals surface area contributed by atoms with Crippen LogP contribution in [0.2, 0.25) is 0 Å². The first-order chi connectivity index (χ1) is 10.7. The van der Waals surface area contributed by atoms with Gasteiger partial charge in [0.05, 0.1) is 0 Å². The summed E-state index contributed by atoms with van der Waals surface area (Å²) in [5, 5.41) is 0.968. The number of carbonyl (C=O) groups excluding carboxylic acids is 1. The third-order valence-corrected chi connectivity index (χ3v) is 4.71. The average Bonchev–Trinajstić information content (AvgIpc) is 2.52. The fraction of sp³-hybridized carbons (Fsp3) is 0.947. The van der Waals surface area contributed by atoms with E-state index in [9.17, 15) is 4.79 Å². The third kappa shape index (κ3) is 14.9. The molecule has 3 heteroatoms. The van der Waals surface area contributed by atoms with E-state index in [2.05, 4.69) is 29.8 Å². The van der Waals surface area contributed by atoms with Crippen LogP contribution in [0, 0.1) is 0 Å². The van der Waals surface area contributed by atoms with Gasteiger partial charge >= 0.3 is 5.97 Å². The molecular weight excluding hydrogens is 340 g/mol. The number of ether oxygens (including phenoxy) is 1. The Labute approximate surface area is 146 Å². The molecule has 1 unspecified atom stereocenters. The molecule has 0 amide bonds. The number of esters is 1. The fourth-order valence-corrected chi connectivity index (χ4v) is 3.03. The number of halogens is 1. The van der Waals surface area contributed by atoms with Crippen LogP contribution >= 0.6 is 15.9 Å². The van der Waals surface area contributed by atoms with Gasteiger partial charge in [-0.25, -0.2) is 0 Å². The molecule has 0 aromatic rings. The highest BCUT2D eigenvalue weighted by Crippen LogP contribution is 2.14. The smallest absolute Gasteiger partial charge is 0.306 e. The number of carbonyl (C=O) groups is 1. The molecule has 2 nitrogen and oxygen atoms in total. The number of rotatable bonds is 16. The summed E-state index contributed by atoms with van der Waals surface area (Å²) in [7, 11) is 0. The van der Waals surface area contributed by atoms with Gasteiger partial charge in [0.25, 0.3) is 0 Å². The molecular formula is C19H37BrO2. The minimum absolute atomic E-state index is 0.0104. The number of hydrogen-bond acceptors (Lipinski definition) is 2. The molecule has 0 heterocycles. The van der Waals surface area contributed by atoms with Gasteiger partial charge in [0, 0.05) is 11.8 Å². The molecule has 0 aromatic heterocycles. The summed E-state index contributed by atoms with van der Waals surface area (Å²) in [5.41, 5.74) is 0. The predicted molar refractivity (Wildman–Crippen MR) is 99.7 cm³/mol. The zero-order chi connectivity index (χ0) is 16.5. The minimum atomic E-state index is -0.0104. The fourth-order valence-electron chi connectivity index (χ4n) is 2.64. The second kappa shape index (κ2) is 17.3. The van der Waals surface area contributed by atoms with E-state index in [1.165, 1.54) is 57.8 Å². The number of unbranched alkanes of at least 4 members (excludes halogenated alkanes) is 9. The van der Waals surface area contributed by atoms with Gasteiger partial charge in [-0.1, -0.05) is 81.1 Å². The molecule has 0 aliphatic rings. The van der Waals surface area contributed by atoms with E-state index >= 15 is 0 Å². The normalized spacial score (nSPS) is 12.3. The lowest BCUT2D eigenvalue weighted by molar-refractivity contribution is -0.149. The minimum Gasteiger partial charge on any atom is -0.462 e. The molecule has 0 saturated heterocycles. The van der Waals surface area contributed by atoms with Gasteiger partial charge in [-0.05, 0) is 32.1 Å². The molecule has 0 bridgehead atoms. The molecule has 0 radical (unpaired) electrons. The molecule has 0 N–H and O–H groups in total. The van der Waals surface area contributed by atoms with Gasteiger partial charge in [-0.15, -0.1) is 0 Å². The molecule has 0 saturated carbocycles. The largest absolute Gasteiger partial charge is 0.462 e. The monoisotopic (exact) mass is 376 g/mol. The molecule has 0 spiro atoms. The standard InChI is InChI=1S/C19H37BrO2/c1-3-5-6-7-8-9-10-11-12-15-18(4-2)22-19(21)16-13-14-17-20/h18H,3-17H2,1-2H3. The first-order valence-corrected chi connectivity index (χ1v) is 10.6. The summed E-state index contributed by atoms with van der Waals surface area (Å²) in [6.45, 7) is 4.38. The van der Waals surface area contributed by atoms with Gasteiger partial charge in [-0.3, -0.25) is 4.79 Å². The second-order valence-corrected chi connectivity index (χ2v) is 7.08. The molecule has 22 heavy (non-hydrogen) atoms. The lowest BCUT2D eigenvalue weighted by atomic mass is 10.0. The van der Waals surface area contributed by atoms with Gasteiger partial charge in [0.15, 0.2) is 0 Å². The van der Waals surface area contributed by atoms with Crippen molar-refractivity contribution in [3.8, 4) is 0 Å². The Morgan fingerprint density at radius 3 is 2.00 bits per heavy atom. The van der Waals surface area contributed by atoms with E-state index in [0.717, 1.165) is 31.0 Å². The molecule has 0 fully saturated rings. The van der Waals surface area contributed by atoms with Crippen molar-refractivity contribution in [2.45, 2.75) is 110 Å². The maximum absolute atomic E-state index is 11.7. The van der Waals surface area contributed by atoms with E-state index in [1.54, 1.807) is 0 Å². The molecule has 1 atom stereocenters. The van der Waals surface area contributed by atoms with Crippen molar-refractivity contribution < 1.29 is 9.53 Å². The molecule has 0 aliphatic carbocycles. The van der Waals surface area contributed by atoms with Crippen molar-refractivity contribution in [1.29, 1.82) is 0 Å². The Hall–Kier alpha value is -0.0500. The van der Waals surface area contributed by atoms with E-state index in [0.29, 0.717) is 6.42 Å². The zero-order valence-electron chi connectivity index (χ0n) is 14.9. The van der Waals surface area contributed by atoms with Crippen LogP contribution in [0.25, 0.3) is 0 Å².